The first-order chi connectivity index (χ1) is 11.5. The predicted molar refractivity (Wildman–Crippen MR) is 75.4 cm³/mol. The quantitative estimate of drug-likeness (QED) is 0.511. The molecule has 0 unspecified atom stereocenters. The van der Waals surface area contributed by atoms with Crippen LogP contribution in [0.15, 0.2) is 30.3 Å². The van der Waals surface area contributed by atoms with Crippen LogP contribution in [-0.2, 0) is 5.92 Å². The SMILES string of the molecule is N#Cc1c(-c2ccc([N+](=O)[O-])cc2)cc(C(F)(F)C(F)(F)F)nc1N. The highest BCUT2D eigenvalue weighted by Crippen LogP contribution is 2.44. The molecule has 1 aromatic carbocycles. The van der Waals surface area contributed by atoms with Crippen LogP contribution in [0.1, 0.15) is 11.3 Å². The topological polar surface area (TPSA) is 106 Å². The van der Waals surface area contributed by atoms with E-state index in [1.165, 1.54) is 0 Å². The van der Waals surface area contributed by atoms with Crippen LogP contribution in [0.2, 0.25) is 0 Å². The predicted octanol–water partition coefficient (Wildman–Crippen LogP) is 3.76. The summed E-state index contributed by atoms with van der Waals surface area (Å²) in [6.45, 7) is 0. The normalized spacial score (nSPS) is 11.8. The van der Waals surface area contributed by atoms with E-state index >= 15 is 0 Å². The molecule has 0 atom stereocenters. The van der Waals surface area contributed by atoms with Gasteiger partial charge in [0.15, 0.2) is 0 Å². The molecule has 2 aromatic rings. The number of alkyl halides is 5. The monoisotopic (exact) mass is 358 g/mol. The zero-order valence-electron chi connectivity index (χ0n) is 12.0. The average Bonchev–Trinajstić information content (AvgIpc) is 2.53. The molecule has 130 valence electrons. The van der Waals surface area contributed by atoms with Crippen molar-refractivity contribution in [2.45, 2.75) is 12.1 Å². The fourth-order valence-electron chi connectivity index (χ4n) is 1.98. The molecule has 0 saturated heterocycles. The van der Waals surface area contributed by atoms with E-state index in [1.54, 1.807) is 6.07 Å². The van der Waals surface area contributed by atoms with Gasteiger partial charge in [-0.2, -0.15) is 27.2 Å². The molecule has 6 nitrogen and oxygen atoms in total. The van der Waals surface area contributed by atoms with Gasteiger partial charge in [-0.05, 0) is 23.8 Å². The van der Waals surface area contributed by atoms with E-state index in [0.717, 1.165) is 24.3 Å². The summed E-state index contributed by atoms with van der Waals surface area (Å²) in [6.07, 6.45) is -5.91. The number of halogens is 5. The molecule has 0 aliphatic heterocycles. The van der Waals surface area contributed by atoms with Crippen molar-refractivity contribution in [3.63, 3.8) is 0 Å². The third-order valence-electron chi connectivity index (χ3n) is 3.23. The van der Waals surface area contributed by atoms with Gasteiger partial charge in [0.05, 0.1) is 4.92 Å². The van der Waals surface area contributed by atoms with Gasteiger partial charge in [0.25, 0.3) is 5.69 Å². The number of anilines is 1. The molecule has 2 N–H and O–H groups in total. The van der Waals surface area contributed by atoms with Gasteiger partial charge in [-0.25, -0.2) is 4.98 Å². The number of nitro benzene ring substituents is 1. The second-order valence-electron chi connectivity index (χ2n) is 4.80. The lowest BCUT2D eigenvalue weighted by atomic mass is 9.98. The second kappa shape index (κ2) is 5.97. The van der Waals surface area contributed by atoms with E-state index in [4.69, 9.17) is 11.0 Å². The van der Waals surface area contributed by atoms with Crippen LogP contribution in [0.4, 0.5) is 33.5 Å². The van der Waals surface area contributed by atoms with Crippen LogP contribution >= 0.6 is 0 Å². The van der Waals surface area contributed by atoms with Crippen molar-refractivity contribution in [1.29, 1.82) is 5.26 Å². The van der Waals surface area contributed by atoms with Gasteiger partial charge in [-0.3, -0.25) is 10.1 Å². The zero-order chi connectivity index (χ0) is 19.0. The summed E-state index contributed by atoms with van der Waals surface area (Å²) in [7, 11) is 0. The Bertz CT molecular complexity index is 873. The first-order valence-corrected chi connectivity index (χ1v) is 6.39. The molecule has 2 rings (SSSR count). The second-order valence-corrected chi connectivity index (χ2v) is 4.80. The molecule has 0 fully saturated rings. The van der Waals surface area contributed by atoms with Crippen molar-refractivity contribution in [1.82, 2.24) is 4.98 Å². The fourth-order valence-corrected chi connectivity index (χ4v) is 1.98. The maximum absolute atomic E-state index is 13.5. The number of nitriles is 1. The Balaban J connectivity index is 2.69. The number of benzene rings is 1. The van der Waals surface area contributed by atoms with Gasteiger partial charge >= 0.3 is 12.1 Å². The molecule has 0 radical (unpaired) electrons. The van der Waals surface area contributed by atoms with Crippen LogP contribution < -0.4 is 5.73 Å². The van der Waals surface area contributed by atoms with Crippen LogP contribution in [0.25, 0.3) is 11.1 Å². The van der Waals surface area contributed by atoms with Gasteiger partial charge in [0, 0.05) is 17.7 Å². The number of nitrogens with zero attached hydrogens (tertiary/aromatic N) is 3. The summed E-state index contributed by atoms with van der Waals surface area (Å²) in [6, 6.07) is 6.18. The summed E-state index contributed by atoms with van der Waals surface area (Å²) in [5, 5.41) is 19.7. The van der Waals surface area contributed by atoms with Gasteiger partial charge < -0.3 is 5.73 Å². The Morgan fingerprint density at radius 1 is 1.16 bits per heavy atom. The number of nitro groups is 1. The lowest BCUT2D eigenvalue weighted by Crippen LogP contribution is -2.34. The summed E-state index contributed by atoms with van der Waals surface area (Å²) < 4.78 is 64.7. The molecule has 1 aromatic heterocycles. The van der Waals surface area contributed by atoms with E-state index in [2.05, 4.69) is 4.98 Å². The van der Waals surface area contributed by atoms with Crippen molar-refractivity contribution in [3.05, 3.63) is 51.7 Å². The number of aromatic nitrogens is 1. The lowest BCUT2D eigenvalue weighted by Gasteiger charge is -2.20. The van der Waals surface area contributed by atoms with E-state index < -0.39 is 34.1 Å². The van der Waals surface area contributed by atoms with Crippen LogP contribution in [0.3, 0.4) is 0 Å². The van der Waals surface area contributed by atoms with E-state index in [1.807, 2.05) is 0 Å². The van der Waals surface area contributed by atoms with Gasteiger partial charge in [-0.15, -0.1) is 0 Å². The highest BCUT2D eigenvalue weighted by Gasteiger charge is 2.60. The summed E-state index contributed by atoms with van der Waals surface area (Å²) in [4.78, 5) is 12.9. The molecular formula is C14H7F5N4O2. The molecule has 0 bridgehead atoms. The smallest absolute Gasteiger partial charge is 0.383 e. The molecular weight excluding hydrogens is 351 g/mol. The lowest BCUT2D eigenvalue weighted by molar-refractivity contribution is -0.384. The first-order valence-electron chi connectivity index (χ1n) is 6.39. The summed E-state index contributed by atoms with van der Waals surface area (Å²) in [5.74, 6) is -6.10. The number of nitrogen functional groups attached to an aromatic ring is 1. The van der Waals surface area contributed by atoms with E-state index in [0.29, 0.717) is 6.07 Å². The molecule has 1 heterocycles. The zero-order valence-corrected chi connectivity index (χ0v) is 12.0. The minimum atomic E-state index is -5.91. The fraction of sp³-hybridized carbons (Fsp3) is 0.143. The van der Waals surface area contributed by atoms with Gasteiger partial charge in [0.2, 0.25) is 0 Å². The van der Waals surface area contributed by atoms with Gasteiger partial charge in [0.1, 0.15) is 23.1 Å². The molecule has 0 aliphatic carbocycles. The maximum atomic E-state index is 13.5. The number of hydrogen-bond acceptors (Lipinski definition) is 5. The summed E-state index contributed by atoms with van der Waals surface area (Å²) >= 11 is 0. The minimum Gasteiger partial charge on any atom is -0.383 e. The maximum Gasteiger partial charge on any atom is 0.459 e. The number of pyridine rings is 1. The van der Waals surface area contributed by atoms with Crippen molar-refractivity contribution < 1.29 is 26.9 Å². The molecule has 11 heteroatoms. The Kier molecular flexibility index (Phi) is 4.31. The van der Waals surface area contributed by atoms with Crippen LogP contribution in [0, 0.1) is 21.4 Å². The van der Waals surface area contributed by atoms with E-state index in [-0.39, 0.29) is 16.8 Å². The summed E-state index contributed by atoms with van der Waals surface area (Å²) in [5.41, 5.74) is 2.57. The highest BCUT2D eigenvalue weighted by molar-refractivity contribution is 5.76. The molecule has 0 saturated carbocycles. The molecule has 0 amide bonds. The third-order valence-corrected chi connectivity index (χ3v) is 3.23. The minimum absolute atomic E-state index is 0.00419. The van der Waals surface area contributed by atoms with Crippen LogP contribution in [0.5, 0.6) is 0 Å². The Labute approximate surface area is 136 Å². The largest absolute Gasteiger partial charge is 0.459 e. The Morgan fingerprint density at radius 3 is 2.16 bits per heavy atom. The average molecular weight is 358 g/mol. The third kappa shape index (κ3) is 3.18. The molecule has 0 spiro atoms. The Hall–Kier alpha value is -3.29. The molecule has 0 aliphatic rings. The van der Waals surface area contributed by atoms with Crippen molar-refractivity contribution >= 4 is 11.5 Å². The molecule has 25 heavy (non-hydrogen) atoms. The number of hydrogen-bond donors (Lipinski definition) is 1. The number of nitrogens with two attached hydrogens (primary N) is 1. The number of non-ortho nitro benzene ring substituents is 1. The van der Waals surface area contributed by atoms with E-state index in [9.17, 15) is 32.1 Å². The van der Waals surface area contributed by atoms with Gasteiger partial charge in [-0.1, -0.05) is 0 Å². The highest BCUT2D eigenvalue weighted by atomic mass is 19.4. The van der Waals surface area contributed by atoms with Crippen molar-refractivity contribution in [2.75, 3.05) is 5.73 Å². The first kappa shape index (κ1) is 18.1. The standard InChI is InChI=1S/C14H7F5N4O2/c15-13(16,14(17,18)19)11-5-9(10(6-20)12(21)22-11)7-1-3-8(4-2-7)23(24)25/h1-5H,(H2,21,22). The van der Waals surface area contributed by atoms with Crippen LogP contribution in [-0.4, -0.2) is 16.1 Å². The van der Waals surface area contributed by atoms with Crippen molar-refractivity contribution in [2.24, 2.45) is 0 Å². The Morgan fingerprint density at radius 2 is 1.72 bits per heavy atom. The number of rotatable bonds is 3. The van der Waals surface area contributed by atoms with Crippen molar-refractivity contribution in [3.8, 4) is 17.2 Å².